The summed E-state index contributed by atoms with van der Waals surface area (Å²) >= 11 is 2.76. The van der Waals surface area contributed by atoms with Gasteiger partial charge in [0.2, 0.25) is 5.91 Å². The molecule has 0 saturated carbocycles. The second-order valence-corrected chi connectivity index (χ2v) is 9.81. The molecule has 0 bridgehead atoms. The molecule has 0 N–H and O–H groups in total. The molecule has 9 heteroatoms. The number of aromatic nitrogens is 1. The molecule has 178 valence electrons. The molecular weight excluding hydrogens is 468 g/mol. The highest BCUT2D eigenvalue weighted by Gasteiger charge is 2.21. The number of hydrogen-bond acceptors (Lipinski definition) is 6. The second kappa shape index (κ2) is 11.4. The molecule has 1 fully saturated rings. The Kier molecular flexibility index (Phi) is 8.08. The average Bonchev–Trinajstić information content (AvgIpc) is 3.20. The van der Waals surface area contributed by atoms with Crippen LogP contribution in [0.4, 0.5) is 5.69 Å². The minimum atomic E-state index is -0.247. The van der Waals surface area contributed by atoms with Gasteiger partial charge in [-0.2, -0.15) is 4.99 Å². The molecular formula is C25H28N4O3S2. The number of methoxy groups -OCH3 is 1. The number of hydrogen-bond donors (Lipinski definition) is 0. The number of anilines is 1. The first kappa shape index (κ1) is 24.1. The van der Waals surface area contributed by atoms with Gasteiger partial charge in [-0.25, -0.2) is 0 Å². The number of fused-ring (bicyclic) bond motifs is 1. The van der Waals surface area contributed by atoms with Crippen molar-refractivity contribution in [3.8, 4) is 5.75 Å². The van der Waals surface area contributed by atoms with Crippen molar-refractivity contribution in [2.24, 2.45) is 4.99 Å². The highest BCUT2D eigenvalue weighted by Crippen LogP contribution is 2.23. The Hall–Kier alpha value is -3.04. The number of ether oxygens (including phenoxy) is 1. The van der Waals surface area contributed by atoms with E-state index in [-0.39, 0.29) is 23.3 Å². The third-order valence-electron chi connectivity index (χ3n) is 5.63. The molecule has 2 amide bonds. The van der Waals surface area contributed by atoms with Gasteiger partial charge in [0.25, 0.3) is 5.91 Å². The van der Waals surface area contributed by atoms with Gasteiger partial charge >= 0.3 is 0 Å². The number of thioether (sulfide) groups is 1. The molecule has 3 aromatic rings. The first-order valence-electron chi connectivity index (χ1n) is 11.1. The molecule has 0 atom stereocenters. The van der Waals surface area contributed by atoms with Gasteiger partial charge < -0.3 is 19.1 Å². The van der Waals surface area contributed by atoms with Crippen molar-refractivity contribution >= 4 is 50.8 Å². The van der Waals surface area contributed by atoms with E-state index in [4.69, 9.17) is 4.74 Å². The highest BCUT2D eigenvalue weighted by atomic mass is 32.2. The number of carbonyl (C=O) groups excluding carboxylic acids is 2. The number of benzene rings is 2. The van der Waals surface area contributed by atoms with Crippen LogP contribution in [0, 0.1) is 0 Å². The Bertz CT molecular complexity index is 1230. The van der Waals surface area contributed by atoms with Crippen LogP contribution in [-0.2, 0) is 16.1 Å². The average molecular weight is 497 g/mol. The van der Waals surface area contributed by atoms with E-state index in [0.29, 0.717) is 24.4 Å². The van der Waals surface area contributed by atoms with Crippen LogP contribution < -0.4 is 14.4 Å². The highest BCUT2D eigenvalue weighted by molar-refractivity contribution is 8.00. The molecule has 0 radical (unpaired) electrons. The predicted molar refractivity (Wildman–Crippen MR) is 140 cm³/mol. The Labute approximate surface area is 207 Å². The van der Waals surface area contributed by atoms with Crippen LogP contribution in [0.5, 0.6) is 5.75 Å². The molecule has 1 saturated heterocycles. The van der Waals surface area contributed by atoms with Crippen LogP contribution in [0.25, 0.3) is 10.2 Å². The normalized spacial score (nSPS) is 14.4. The fourth-order valence-electron chi connectivity index (χ4n) is 3.88. The zero-order valence-corrected chi connectivity index (χ0v) is 20.8. The van der Waals surface area contributed by atoms with E-state index in [1.165, 1.54) is 28.8 Å². The third-order valence-corrected chi connectivity index (χ3v) is 7.57. The molecule has 0 unspecified atom stereocenters. The second-order valence-electron chi connectivity index (χ2n) is 7.82. The summed E-state index contributed by atoms with van der Waals surface area (Å²) in [7, 11) is 1.63. The minimum Gasteiger partial charge on any atom is -0.497 e. The number of carbonyl (C=O) groups is 2. The van der Waals surface area contributed by atoms with Gasteiger partial charge in [0.15, 0.2) is 4.80 Å². The van der Waals surface area contributed by atoms with Crippen LogP contribution in [0.2, 0.25) is 0 Å². The van der Waals surface area contributed by atoms with Crippen molar-refractivity contribution in [3.05, 3.63) is 66.0 Å². The zero-order chi connectivity index (χ0) is 23.9. The smallest absolute Gasteiger partial charge is 0.258 e. The van der Waals surface area contributed by atoms with Crippen LogP contribution in [0.3, 0.4) is 0 Å². The first-order valence-corrected chi connectivity index (χ1v) is 13.1. The zero-order valence-electron chi connectivity index (χ0n) is 19.2. The number of rotatable bonds is 8. The van der Waals surface area contributed by atoms with Crippen LogP contribution in [0.1, 0.15) is 0 Å². The van der Waals surface area contributed by atoms with E-state index in [2.05, 4.69) is 28.6 Å². The van der Waals surface area contributed by atoms with Crippen LogP contribution in [-0.4, -0.2) is 66.1 Å². The molecule has 2 heterocycles. The minimum absolute atomic E-state index is 0.0705. The molecule has 0 spiro atoms. The van der Waals surface area contributed by atoms with Crippen molar-refractivity contribution in [2.45, 2.75) is 6.54 Å². The van der Waals surface area contributed by atoms with E-state index >= 15 is 0 Å². The van der Waals surface area contributed by atoms with E-state index in [9.17, 15) is 9.59 Å². The maximum absolute atomic E-state index is 12.6. The van der Waals surface area contributed by atoms with Crippen molar-refractivity contribution < 1.29 is 14.3 Å². The summed E-state index contributed by atoms with van der Waals surface area (Å²) in [5.41, 5.74) is 2.17. The fourth-order valence-corrected chi connectivity index (χ4v) is 5.66. The molecule has 4 rings (SSSR count). The molecule has 34 heavy (non-hydrogen) atoms. The lowest BCUT2D eigenvalue weighted by Gasteiger charge is -2.36. The fraction of sp³-hybridized carbons (Fsp3) is 0.320. The molecule has 7 nitrogen and oxygen atoms in total. The summed E-state index contributed by atoms with van der Waals surface area (Å²) < 4.78 is 8.26. The Morgan fingerprint density at radius 3 is 2.59 bits per heavy atom. The number of nitrogens with zero attached hydrogens (tertiary/aromatic N) is 4. The van der Waals surface area contributed by atoms with Gasteiger partial charge in [0.05, 0.1) is 28.8 Å². The van der Waals surface area contributed by atoms with E-state index in [0.717, 1.165) is 29.1 Å². The maximum Gasteiger partial charge on any atom is 0.258 e. The molecule has 1 aromatic heterocycles. The lowest BCUT2D eigenvalue weighted by atomic mass is 10.2. The maximum atomic E-state index is 12.6. The largest absolute Gasteiger partial charge is 0.497 e. The van der Waals surface area contributed by atoms with Crippen LogP contribution >= 0.6 is 23.1 Å². The number of thiazole rings is 1. The lowest BCUT2D eigenvalue weighted by molar-refractivity contribution is -0.128. The monoisotopic (exact) mass is 496 g/mol. The van der Waals surface area contributed by atoms with Gasteiger partial charge in [-0.3, -0.25) is 9.59 Å². The molecule has 1 aliphatic rings. The predicted octanol–water partition coefficient (Wildman–Crippen LogP) is 3.41. The molecule has 0 aliphatic carbocycles. The summed E-state index contributed by atoms with van der Waals surface area (Å²) in [4.78, 5) is 34.3. The molecule has 2 aromatic carbocycles. The number of amides is 2. The SMILES string of the molecule is C=CCn1c(=NC(=O)CSCC(=O)N2CCN(c3ccccc3)CC2)sc2cc(OC)ccc21. The van der Waals surface area contributed by atoms with Crippen molar-refractivity contribution in [1.82, 2.24) is 9.47 Å². The number of allylic oxidation sites excluding steroid dienone is 1. The summed E-state index contributed by atoms with van der Waals surface area (Å²) in [5, 5.41) is 0. The Morgan fingerprint density at radius 1 is 1.12 bits per heavy atom. The number of piperazine rings is 1. The Balaban J connectivity index is 1.32. The van der Waals surface area contributed by atoms with Crippen molar-refractivity contribution in [2.75, 3.05) is 49.7 Å². The Morgan fingerprint density at radius 2 is 1.88 bits per heavy atom. The van der Waals surface area contributed by atoms with Gasteiger partial charge in [0, 0.05) is 38.4 Å². The van der Waals surface area contributed by atoms with Crippen LogP contribution in [0.15, 0.2) is 66.2 Å². The van der Waals surface area contributed by atoms with Gasteiger partial charge in [-0.05, 0) is 30.3 Å². The summed E-state index contributed by atoms with van der Waals surface area (Å²) in [5.74, 6) is 1.03. The van der Waals surface area contributed by atoms with Gasteiger partial charge in [0.1, 0.15) is 5.75 Å². The van der Waals surface area contributed by atoms with Gasteiger partial charge in [-0.15, -0.1) is 18.3 Å². The summed E-state index contributed by atoms with van der Waals surface area (Å²) in [6, 6.07) is 16.0. The quantitative estimate of drug-likeness (QED) is 0.447. The topological polar surface area (TPSA) is 67.1 Å². The van der Waals surface area contributed by atoms with E-state index in [1.807, 2.05) is 45.9 Å². The number of para-hydroxylation sites is 1. The van der Waals surface area contributed by atoms with E-state index in [1.54, 1.807) is 13.2 Å². The van der Waals surface area contributed by atoms with Crippen molar-refractivity contribution in [1.29, 1.82) is 0 Å². The van der Waals surface area contributed by atoms with Gasteiger partial charge in [-0.1, -0.05) is 35.6 Å². The molecule has 1 aliphatic heterocycles. The lowest BCUT2D eigenvalue weighted by Crippen LogP contribution is -2.49. The summed E-state index contributed by atoms with van der Waals surface area (Å²) in [6.45, 7) is 7.39. The standard InChI is InChI=1S/C25H28N4O3S2/c1-3-11-29-21-10-9-20(32-2)16-22(21)34-25(29)26-23(30)17-33-18-24(31)28-14-12-27(13-15-28)19-7-5-4-6-8-19/h3-10,16H,1,11-15,17-18H2,2H3. The van der Waals surface area contributed by atoms with Crippen molar-refractivity contribution in [3.63, 3.8) is 0 Å². The van der Waals surface area contributed by atoms with E-state index < -0.39 is 0 Å². The third kappa shape index (κ3) is 5.71. The summed E-state index contributed by atoms with van der Waals surface area (Å²) in [6.07, 6.45) is 1.78. The first-order chi connectivity index (χ1) is 16.6.